The number of carbonyl (C=O) groups excluding carboxylic acids is 2. The van der Waals surface area contributed by atoms with Gasteiger partial charge in [-0.1, -0.05) is 30.3 Å². The summed E-state index contributed by atoms with van der Waals surface area (Å²) in [7, 11) is 0. The number of carbonyl (C=O) groups is 2. The third-order valence-electron chi connectivity index (χ3n) is 5.32. The minimum absolute atomic E-state index is 0.0553. The predicted molar refractivity (Wildman–Crippen MR) is 122 cm³/mol. The number of hydrogen-bond acceptors (Lipinski definition) is 3. The molecule has 0 aliphatic heterocycles. The molecule has 2 amide bonds. The molecular weight excluding hydrogens is 407 g/mol. The van der Waals surface area contributed by atoms with Crippen molar-refractivity contribution in [2.45, 2.75) is 26.9 Å². The number of imidazole rings is 1. The van der Waals surface area contributed by atoms with Crippen LogP contribution in [0.5, 0.6) is 0 Å². The van der Waals surface area contributed by atoms with Gasteiger partial charge >= 0.3 is 0 Å². The maximum atomic E-state index is 13.9. The largest absolute Gasteiger partial charge is 0.345 e. The Balaban J connectivity index is 1.50. The van der Waals surface area contributed by atoms with Crippen molar-refractivity contribution in [1.82, 2.24) is 14.9 Å². The fraction of sp³-hybridized carbons (Fsp3) is 0.160. The van der Waals surface area contributed by atoms with E-state index < -0.39 is 11.7 Å². The van der Waals surface area contributed by atoms with Gasteiger partial charge in [0.15, 0.2) is 0 Å². The Hall–Kier alpha value is -4.00. The molecule has 3 aromatic carbocycles. The first-order valence-electron chi connectivity index (χ1n) is 10.4. The Kier molecular flexibility index (Phi) is 5.98. The van der Waals surface area contributed by atoms with Crippen LogP contribution in [0.1, 0.15) is 39.0 Å². The molecular formula is C25H23FN4O2. The molecule has 0 aliphatic carbocycles. The first-order valence-corrected chi connectivity index (χ1v) is 10.4. The molecule has 0 saturated carbocycles. The van der Waals surface area contributed by atoms with Crippen molar-refractivity contribution in [2.75, 3.05) is 5.32 Å². The Bertz CT molecular complexity index is 1310. The van der Waals surface area contributed by atoms with Crippen LogP contribution in [0.25, 0.3) is 11.0 Å². The minimum atomic E-state index is -0.602. The minimum Gasteiger partial charge on any atom is -0.345 e. The van der Waals surface area contributed by atoms with E-state index in [-0.39, 0.29) is 18.0 Å². The normalized spacial score (nSPS) is 10.8. The van der Waals surface area contributed by atoms with E-state index in [1.165, 1.54) is 18.2 Å². The lowest BCUT2D eigenvalue weighted by Crippen LogP contribution is -2.25. The fourth-order valence-electron chi connectivity index (χ4n) is 3.61. The summed E-state index contributed by atoms with van der Waals surface area (Å²) in [5.74, 6) is -0.695. The lowest BCUT2D eigenvalue weighted by atomic mass is 10.1. The number of fused-ring (bicyclic) bond motifs is 1. The van der Waals surface area contributed by atoms with E-state index in [1.54, 1.807) is 24.3 Å². The molecule has 6 nitrogen and oxygen atoms in total. The highest BCUT2D eigenvalue weighted by Gasteiger charge is 2.15. The van der Waals surface area contributed by atoms with Gasteiger partial charge in [0.05, 0.1) is 23.1 Å². The number of amides is 2. The predicted octanol–water partition coefficient (Wildman–Crippen LogP) is 4.69. The van der Waals surface area contributed by atoms with Crippen molar-refractivity contribution >= 4 is 28.5 Å². The second-order valence-electron chi connectivity index (χ2n) is 7.41. The number of halogens is 1. The summed E-state index contributed by atoms with van der Waals surface area (Å²) in [6.45, 7) is 4.85. The molecule has 0 saturated heterocycles. The third-order valence-corrected chi connectivity index (χ3v) is 5.32. The number of para-hydroxylation sites is 2. The highest BCUT2D eigenvalue weighted by Crippen LogP contribution is 2.20. The molecule has 0 atom stereocenters. The van der Waals surface area contributed by atoms with E-state index in [4.69, 9.17) is 0 Å². The lowest BCUT2D eigenvalue weighted by molar-refractivity contribution is 0.0948. The number of aryl methyl sites for hydroxylation is 2. The smallest absolute Gasteiger partial charge is 0.258 e. The number of nitrogens with zero attached hydrogens (tertiary/aromatic N) is 2. The van der Waals surface area contributed by atoms with Gasteiger partial charge in [0, 0.05) is 17.8 Å². The summed E-state index contributed by atoms with van der Waals surface area (Å²) in [4.78, 5) is 29.9. The summed E-state index contributed by atoms with van der Waals surface area (Å²) in [6.07, 6.45) is 0. The molecule has 1 aromatic heterocycles. The van der Waals surface area contributed by atoms with Crippen molar-refractivity contribution < 1.29 is 14.0 Å². The topological polar surface area (TPSA) is 76.0 Å². The summed E-state index contributed by atoms with van der Waals surface area (Å²) < 4.78 is 16.0. The van der Waals surface area contributed by atoms with Crippen molar-refractivity contribution in [3.8, 4) is 0 Å². The van der Waals surface area contributed by atoms with Gasteiger partial charge in [-0.3, -0.25) is 9.59 Å². The van der Waals surface area contributed by atoms with Crippen LogP contribution in [-0.2, 0) is 13.1 Å². The number of nitrogens with one attached hydrogen (secondary N) is 2. The zero-order valence-electron chi connectivity index (χ0n) is 17.9. The molecule has 1 heterocycles. The van der Waals surface area contributed by atoms with Gasteiger partial charge in [0.2, 0.25) is 0 Å². The van der Waals surface area contributed by atoms with Crippen molar-refractivity contribution in [3.05, 3.63) is 95.1 Å². The standard InChI is InChI=1S/C25H23FN4O2/c1-3-30-22-11-7-6-10-20(22)28-23(30)15-27-24(31)17-13-12-16(2)21(14-17)29-25(32)18-8-4-5-9-19(18)26/h4-14H,3,15H2,1-2H3,(H,27,31)(H,29,32). The maximum absolute atomic E-state index is 13.9. The van der Waals surface area contributed by atoms with Gasteiger partial charge < -0.3 is 15.2 Å². The van der Waals surface area contributed by atoms with Gasteiger partial charge in [0.1, 0.15) is 11.6 Å². The third kappa shape index (κ3) is 4.23. The number of aromatic nitrogens is 2. The van der Waals surface area contributed by atoms with Crippen molar-refractivity contribution in [2.24, 2.45) is 0 Å². The Morgan fingerprint density at radius 2 is 1.75 bits per heavy atom. The summed E-state index contributed by atoms with van der Waals surface area (Å²) in [5, 5.41) is 5.59. The lowest BCUT2D eigenvalue weighted by Gasteiger charge is -2.12. The quantitative estimate of drug-likeness (QED) is 0.466. The molecule has 32 heavy (non-hydrogen) atoms. The summed E-state index contributed by atoms with van der Waals surface area (Å²) >= 11 is 0. The van der Waals surface area contributed by atoms with E-state index >= 15 is 0 Å². The monoisotopic (exact) mass is 430 g/mol. The molecule has 0 unspecified atom stereocenters. The number of benzene rings is 3. The molecule has 4 aromatic rings. The summed E-state index contributed by atoms with van der Waals surface area (Å²) in [6, 6.07) is 18.6. The maximum Gasteiger partial charge on any atom is 0.258 e. The van der Waals surface area contributed by atoms with Gasteiger partial charge in [-0.25, -0.2) is 9.37 Å². The second kappa shape index (κ2) is 9.01. The van der Waals surface area contributed by atoms with E-state index in [9.17, 15) is 14.0 Å². The second-order valence-corrected chi connectivity index (χ2v) is 7.41. The van der Waals surface area contributed by atoms with E-state index in [0.717, 1.165) is 29.0 Å². The van der Waals surface area contributed by atoms with Gasteiger partial charge in [-0.05, 0) is 55.8 Å². The van der Waals surface area contributed by atoms with Gasteiger partial charge in [0.25, 0.3) is 11.8 Å². The van der Waals surface area contributed by atoms with Crippen LogP contribution in [0.2, 0.25) is 0 Å². The molecule has 2 N–H and O–H groups in total. The molecule has 4 rings (SSSR count). The fourth-order valence-corrected chi connectivity index (χ4v) is 3.61. The van der Waals surface area contributed by atoms with Gasteiger partial charge in [-0.2, -0.15) is 0 Å². The molecule has 0 radical (unpaired) electrons. The molecule has 0 fully saturated rings. The van der Waals surface area contributed by atoms with Crippen LogP contribution in [0.4, 0.5) is 10.1 Å². The first kappa shape index (κ1) is 21.2. The Labute approximate surface area is 185 Å². The van der Waals surface area contributed by atoms with Crippen molar-refractivity contribution in [3.63, 3.8) is 0 Å². The molecule has 0 bridgehead atoms. The summed E-state index contributed by atoms with van der Waals surface area (Å²) in [5.41, 5.74) is 3.45. The average molecular weight is 430 g/mol. The number of anilines is 1. The van der Waals surface area contributed by atoms with Crippen molar-refractivity contribution in [1.29, 1.82) is 0 Å². The van der Waals surface area contributed by atoms with Gasteiger partial charge in [-0.15, -0.1) is 0 Å². The van der Waals surface area contributed by atoms with Crippen LogP contribution >= 0.6 is 0 Å². The average Bonchev–Trinajstić information content (AvgIpc) is 3.16. The van der Waals surface area contributed by atoms with Crippen LogP contribution in [0.3, 0.4) is 0 Å². The molecule has 162 valence electrons. The Morgan fingerprint density at radius 1 is 1.00 bits per heavy atom. The van der Waals surface area contributed by atoms with Crippen LogP contribution in [0, 0.1) is 12.7 Å². The van der Waals surface area contributed by atoms with Crippen LogP contribution in [0.15, 0.2) is 66.7 Å². The first-order chi connectivity index (χ1) is 15.5. The number of hydrogen-bond donors (Lipinski definition) is 2. The molecule has 7 heteroatoms. The SMILES string of the molecule is CCn1c(CNC(=O)c2ccc(C)c(NC(=O)c3ccccc3F)c2)nc2ccccc21. The highest BCUT2D eigenvalue weighted by atomic mass is 19.1. The van der Waals surface area contributed by atoms with E-state index in [0.29, 0.717) is 11.3 Å². The van der Waals surface area contributed by atoms with E-state index in [1.807, 2.05) is 38.1 Å². The highest BCUT2D eigenvalue weighted by molar-refractivity contribution is 6.05. The van der Waals surface area contributed by atoms with E-state index in [2.05, 4.69) is 20.2 Å². The number of rotatable bonds is 6. The Morgan fingerprint density at radius 3 is 2.53 bits per heavy atom. The zero-order valence-corrected chi connectivity index (χ0v) is 17.9. The molecule has 0 spiro atoms. The van der Waals surface area contributed by atoms with Crippen LogP contribution in [-0.4, -0.2) is 21.4 Å². The molecule has 0 aliphatic rings. The zero-order chi connectivity index (χ0) is 22.7. The van der Waals surface area contributed by atoms with Crippen LogP contribution < -0.4 is 10.6 Å².